The number of carbonyl (C=O) groups excluding carboxylic acids is 1. The van der Waals surface area contributed by atoms with Crippen LogP contribution in [0.4, 0.5) is 0 Å². The van der Waals surface area contributed by atoms with Crippen LogP contribution in [0.5, 0.6) is 5.75 Å². The highest BCUT2D eigenvalue weighted by molar-refractivity contribution is 5.77. The van der Waals surface area contributed by atoms with Crippen LogP contribution in [0.1, 0.15) is 23.6 Å². The Labute approximate surface area is 136 Å². The maximum absolute atomic E-state index is 11.9. The molecule has 6 nitrogen and oxygen atoms in total. The Balaban J connectivity index is 1.84. The van der Waals surface area contributed by atoms with Gasteiger partial charge in [-0.2, -0.15) is 5.10 Å². The lowest BCUT2D eigenvalue weighted by Gasteiger charge is -2.22. The lowest BCUT2D eigenvalue weighted by Crippen LogP contribution is -2.40. The quantitative estimate of drug-likeness (QED) is 0.845. The van der Waals surface area contributed by atoms with Crippen molar-refractivity contribution in [2.45, 2.75) is 26.4 Å². The Bertz CT molecular complexity index is 692. The smallest absolute Gasteiger partial charge is 0.258 e. The number of carbonyl (C=O) groups is 1. The zero-order valence-corrected chi connectivity index (χ0v) is 14.0. The summed E-state index contributed by atoms with van der Waals surface area (Å²) in [5.41, 5.74) is 1.76. The van der Waals surface area contributed by atoms with Crippen molar-refractivity contribution >= 4 is 5.91 Å². The van der Waals surface area contributed by atoms with Gasteiger partial charge in [0.1, 0.15) is 11.4 Å². The normalized spacial score (nSPS) is 13.4. The van der Waals surface area contributed by atoms with Gasteiger partial charge < -0.3 is 15.2 Å². The van der Waals surface area contributed by atoms with Gasteiger partial charge in [-0.15, -0.1) is 0 Å². The predicted octanol–water partition coefficient (Wildman–Crippen LogP) is 1.44. The number of nitrogens with zero attached hydrogens (tertiary/aromatic N) is 2. The summed E-state index contributed by atoms with van der Waals surface area (Å²) in [4.78, 5) is 11.9. The number of hydrogen-bond donors (Lipinski definition) is 2. The molecule has 2 rings (SSSR count). The molecule has 0 fully saturated rings. The first-order chi connectivity index (χ1) is 10.8. The minimum Gasteiger partial charge on any atom is -0.484 e. The number of aromatic nitrogens is 2. The number of benzene rings is 1. The molecule has 1 aromatic carbocycles. The second kappa shape index (κ2) is 6.83. The predicted molar refractivity (Wildman–Crippen MR) is 87.2 cm³/mol. The van der Waals surface area contributed by atoms with E-state index >= 15 is 0 Å². The molecule has 0 saturated carbocycles. The molecule has 0 aliphatic rings. The third kappa shape index (κ3) is 4.56. The van der Waals surface area contributed by atoms with Crippen molar-refractivity contribution in [3.05, 3.63) is 47.3 Å². The highest BCUT2D eigenvalue weighted by atomic mass is 16.5. The third-order valence-electron chi connectivity index (χ3n) is 3.80. The van der Waals surface area contributed by atoms with E-state index in [1.807, 2.05) is 32.0 Å². The van der Waals surface area contributed by atoms with Crippen molar-refractivity contribution in [2.75, 3.05) is 13.2 Å². The monoisotopic (exact) mass is 317 g/mol. The van der Waals surface area contributed by atoms with E-state index in [1.54, 1.807) is 31.0 Å². The van der Waals surface area contributed by atoms with Crippen molar-refractivity contribution < 1.29 is 14.6 Å². The number of aliphatic hydroxyl groups is 1. The van der Waals surface area contributed by atoms with Crippen LogP contribution < -0.4 is 10.1 Å². The fourth-order valence-electron chi connectivity index (χ4n) is 2.08. The molecule has 1 aromatic heterocycles. The Kier molecular flexibility index (Phi) is 5.05. The number of hydrogen-bond acceptors (Lipinski definition) is 4. The van der Waals surface area contributed by atoms with Gasteiger partial charge in [0.15, 0.2) is 6.61 Å². The summed E-state index contributed by atoms with van der Waals surface area (Å²) in [5.74, 6) is 0.370. The molecule has 1 amide bonds. The molecule has 1 unspecified atom stereocenters. The van der Waals surface area contributed by atoms with Crippen molar-refractivity contribution in [1.82, 2.24) is 15.1 Å². The van der Waals surface area contributed by atoms with E-state index in [2.05, 4.69) is 10.4 Å². The minimum atomic E-state index is -1.18. The molecule has 6 heteroatoms. The molecule has 0 radical (unpaired) electrons. The molecule has 2 aromatic rings. The molecule has 23 heavy (non-hydrogen) atoms. The summed E-state index contributed by atoms with van der Waals surface area (Å²) in [5, 5.41) is 17.1. The summed E-state index contributed by atoms with van der Waals surface area (Å²) in [6, 6.07) is 5.69. The van der Waals surface area contributed by atoms with Gasteiger partial charge in [-0.3, -0.25) is 9.48 Å². The number of aryl methyl sites for hydroxylation is 3. The lowest BCUT2D eigenvalue weighted by molar-refractivity contribution is -0.124. The van der Waals surface area contributed by atoms with E-state index < -0.39 is 5.60 Å². The first-order valence-electron chi connectivity index (χ1n) is 7.46. The zero-order valence-electron chi connectivity index (χ0n) is 14.0. The van der Waals surface area contributed by atoms with Crippen LogP contribution in [-0.2, 0) is 17.4 Å². The number of nitrogens with one attached hydrogen (secondary N) is 1. The summed E-state index contributed by atoms with van der Waals surface area (Å²) in [6.07, 6.45) is 3.30. The Morgan fingerprint density at radius 2 is 2.13 bits per heavy atom. The van der Waals surface area contributed by atoms with Gasteiger partial charge in [-0.25, -0.2) is 0 Å². The molecule has 124 valence electrons. The van der Waals surface area contributed by atoms with Crippen LogP contribution in [0.15, 0.2) is 30.6 Å². The molecule has 0 saturated heterocycles. The number of amides is 1. The molecular formula is C17H23N3O3. The fraction of sp³-hybridized carbons (Fsp3) is 0.412. The fourth-order valence-corrected chi connectivity index (χ4v) is 2.08. The largest absolute Gasteiger partial charge is 0.484 e. The van der Waals surface area contributed by atoms with E-state index in [0.717, 1.165) is 5.56 Å². The van der Waals surface area contributed by atoms with Gasteiger partial charge in [0.25, 0.3) is 5.91 Å². The molecule has 0 aliphatic carbocycles. The van der Waals surface area contributed by atoms with Gasteiger partial charge in [-0.05, 0) is 44.0 Å². The van der Waals surface area contributed by atoms with E-state index in [-0.39, 0.29) is 19.1 Å². The molecule has 0 bridgehead atoms. The highest BCUT2D eigenvalue weighted by Gasteiger charge is 2.25. The highest BCUT2D eigenvalue weighted by Crippen LogP contribution is 2.19. The molecule has 1 atom stereocenters. The second-order valence-electron chi connectivity index (χ2n) is 5.99. The standard InChI is InChI=1S/C17H23N3O3/c1-12-5-6-15(7-13(12)2)23-10-16(21)18-11-17(3,22)14-8-19-20(4)9-14/h5-9,22H,10-11H2,1-4H3,(H,18,21). The summed E-state index contributed by atoms with van der Waals surface area (Å²) < 4.78 is 7.07. The maximum Gasteiger partial charge on any atom is 0.258 e. The van der Waals surface area contributed by atoms with Crippen molar-refractivity contribution in [3.63, 3.8) is 0 Å². The maximum atomic E-state index is 11.9. The zero-order chi connectivity index (χ0) is 17.0. The van der Waals surface area contributed by atoms with Gasteiger partial charge >= 0.3 is 0 Å². The van der Waals surface area contributed by atoms with Crippen LogP contribution >= 0.6 is 0 Å². The Morgan fingerprint density at radius 1 is 1.39 bits per heavy atom. The second-order valence-corrected chi connectivity index (χ2v) is 5.99. The number of ether oxygens (including phenoxy) is 1. The first-order valence-corrected chi connectivity index (χ1v) is 7.46. The SMILES string of the molecule is Cc1ccc(OCC(=O)NCC(C)(O)c2cnn(C)c2)cc1C. The summed E-state index contributed by atoms with van der Waals surface area (Å²) in [6.45, 7) is 5.65. The molecular weight excluding hydrogens is 294 g/mol. The third-order valence-corrected chi connectivity index (χ3v) is 3.80. The van der Waals surface area contributed by atoms with Gasteiger partial charge in [0.2, 0.25) is 0 Å². The van der Waals surface area contributed by atoms with Gasteiger partial charge in [-0.1, -0.05) is 6.07 Å². The van der Waals surface area contributed by atoms with E-state index in [1.165, 1.54) is 5.56 Å². The molecule has 2 N–H and O–H groups in total. The summed E-state index contributed by atoms with van der Waals surface area (Å²) >= 11 is 0. The van der Waals surface area contributed by atoms with Crippen LogP contribution in [0, 0.1) is 13.8 Å². The molecule has 0 spiro atoms. The minimum absolute atomic E-state index is 0.0911. The topological polar surface area (TPSA) is 76.4 Å². The van der Waals surface area contributed by atoms with Crippen molar-refractivity contribution in [2.24, 2.45) is 7.05 Å². The van der Waals surface area contributed by atoms with Crippen LogP contribution in [0.2, 0.25) is 0 Å². The van der Waals surface area contributed by atoms with E-state index in [0.29, 0.717) is 11.3 Å². The molecule has 1 heterocycles. The van der Waals surface area contributed by atoms with Gasteiger partial charge in [0, 0.05) is 18.8 Å². The Morgan fingerprint density at radius 3 is 2.74 bits per heavy atom. The number of rotatable bonds is 6. The van der Waals surface area contributed by atoms with Crippen LogP contribution in [0.3, 0.4) is 0 Å². The average Bonchev–Trinajstić information content (AvgIpc) is 2.94. The van der Waals surface area contributed by atoms with Crippen LogP contribution in [-0.4, -0.2) is 33.9 Å². The Hall–Kier alpha value is -2.34. The van der Waals surface area contributed by atoms with Gasteiger partial charge in [0.05, 0.1) is 12.7 Å². The van der Waals surface area contributed by atoms with E-state index in [9.17, 15) is 9.90 Å². The summed E-state index contributed by atoms with van der Waals surface area (Å²) in [7, 11) is 1.77. The lowest BCUT2D eigenvalue weighted by atomic mass is 10.00. The van der Waals surface area contributed by atoms with Crippen molar-refractivity contribution in [1.29, 1.82) is 0 Å². The van der Waals surface area contributed by atoms with Crippen LogP contribution in [0.25, 0.3) is 0 Å². The average molecular weight is 317 g/mol. The first kappa shape index (κ1) is 17.0. The molecule has 0 aliphatic heterocycles. The van der Waals surface area contributed by atoms with Crippen molar-refractivity contribution in [3.8, 4) is 5.75 Å². The van der Waals surface area contributed by atoms with E-state index in [4.69, 9.17) is 4.74 Å².